The standard InChI is InChI=1S/C31H27ClF3N7O3S/c1-41-27-25(9-8-22(32)26(27)29(39-41)40-46(3,43)44)42-15-17-13-21(20-6-4-5-7-23(20)35)31(45-2)38-28(17)37-30(42)24(36)12-16-10-18(33)14-19(34)11-16/h4-11,13-14,24H,12,15,36H2,1-3H3,(H,39,40)/t24-/m0/s1. The van der Waals surface area contributed by atoms with Crippen LogP contribution in [0.15, 0.2) is 65.7 Å². The summed E-state index contributed by atoms with van der Waals surface area (Å²) in [7, 11) is -0.669. The predicted molar refractivity (Wildman–Crippen MR) is 172 cm³/mol. The Morgan fingerprint density at radius 2 is 1.78 bits per heavy atom. The molecule has 3 aromatic carbocycles. The minimum absolute atomic E-state index is 0.00674. The number of halogens is 4. The van der Waals surface area contributed by atoms with E-state index >= 15 is 0 Å². The molecule has 2 aromatic heterocycles. The fraction of sp³-hybridized carbons (Fsp3) is 0.194. The molecule has 10 nitrogen and oxygen atoms in total. The van der Waals surface area contributed by atoms with Gasteiger partial charge in [0.15, 0.2) is 11.6 Å². The van der Waals surface area contributed by atoms with E-state index in [1.165, 1.54) is 30.0 Å². The van der Waals surface area contributed by atoms with Crippen molar-refractivity contribution in [2.24, 2.45) is 17.8 Å². The number of pyridine rings is 1. The van der Waals surface area contributed by atoms with Gasteiger partial charge in [0.25, 0.3) is 0 Å². The van der Waals surface area contributed by atoms with Crippen molar-refractivity contribution in [2.75, 3.05) is 23.0 Å². The van der Waals surface area contributed by atoms with E-state index in [9.17, 15) is 21.6 Å². The van der Waals surface area contributed by atoms with E-state index < -0.39 is 33.5 Å². The molecular weight excluding hydrogens is 643 g/mol. The van der Waals surface area contributed by atoms with Crippen molar-refractivity contribution in [2.45, 2.75) is 19.0 Å². The summed E-state index contributed by atoms with van der Waals surface area (Å²) in [5, 5.41) is 4.94. The fourth-order valence-electron chi connectivity index (χ4n) is 5.58. The van der Waals surface area contributed by atoms with E-state index in [2.05, 4.69) is 14.8 Å². The van der Waals surface area contributed by atoms with Crippen LogP contribution in [0, 0.1) is 17.5 Å². The van der Waals surface area contributed by atoms with Crippen molar-refractivity contribution in [1.82, 2.24) is 14.8 Å². The number of fused-ring (bicyclic) bond motifs is 2. The van der Waals surface area contributed by atoms with Crippen molar-refractivity contribution in [3.8, 4) is 17.0 Å². The number of amidine groups is 1. The van der Waals surface area contributed by atoms with Crippen LogP contribution in [0.4, 0.5) is 30.5 Å². The minimum Gasteiger partial charge on any atom is -0.480 e. The van der Waals surface area contributed by atoms with Crippen LogP contribution in [-0.4, -0.2) is 48.4 Å². The second kappa shape index (κ2) is 11.9. The SMILES string of the molecule is COc1nc2c(cc1-c1ccccc1F)CN(c1ccc(Cl)c3c(NS(C)(=O)=O)nn(C)c13)C([C@@H](N)Cc1cc(F)cc(F)c1)=N2. The van der Waals surface area contributed by atoms with Crippen LogP contribution in [0.3, 0.4) is 0 Å². The fourth-order valence-corrected chi connectivity index (χ4v) is 6.32. The monoisotopic (exact) mass is 669 g/mol. The lowest BCUT2D eigenvalue weighted by Crippen LogP contribution is -2.46. The number of rotatable bonds is 8. The van der Waals surface area contributed by atoms with Crippen LogP contribution in [-0.2, 0) is 30.0 Å². The van der Waals surface area contributed by atoms with Gasteiger partial charge in [0, 0.05) is 29.8 Å². The van der Waals surface area contributed by atoms with E-state index in [1.807, 2.05) is 0 Å². The zero-order chi connectivity index (χ0) is 32.9. The van der Waals surface area contributed by atoms with Crippen molar-refractivity contribution >= 4 is 55.7 Å². The number of methoxy groups -OCH3 is 1. The zero-order valence-corrected chi connectivity index (χ0v) is 26.3. The smallest absolute Gasteiger partial charge is 0.231 e. The molecular formula is C31H27ClF3N7O3S. The molecule has 0 unspecified atom stereocenters. The third-order valence-electron chi connectivity index (χ3n) is 7.43. The van der Waals surface area contributed by atoms with Crippen molar-refractivity contribution in [3.05, 3.63) is 94.3 Å². The number of hydrogen-bond acceptors (Lipinski definition) is 8. The maximum Gasteiger partial charge on any atom is 0.231 e. The Kier molecular flexibility index (Phi) is 8.12. The van der Waals surface area contributed by atoms with Gasteiger partial charge < -0.3 is 15.4 Å². The number of anilines is 2. The molecule has 238 valence electrons. The first kappa shape index (κ1) is 31.3. The molecule has 5 aromatic rings. The molecule has 0 radical (unpaired) electrons. The number of hydrogen-bond donors (Lipinski definition) is 2. The minimum atomic E-state index is -3.71. The van der Waals surface area contributed by atoms with Gasteiger partial charge in [0.05, 0.1) is 47.6 Å². The number of aliphatic imine (C=N–C) groups is 1. The number of nitrogens with zero attached hydrogens (tertiary/aromatic N) is 5. The Hall–Kier alpha value is -4.66. The first-order valence-corrected chi connectivity index (χ1v) is 16.1. The lowest BCUT2D eigenvalue weighted by atomic mass is 10.00. The highest BCUT2D eigenvalue weighted by molar-refractivity contribution is 7.92. The topological polar surface area (TPSA) is 128 Å². The molecule has 0 saturated carbocycles. The van der Waals surface area contributed by atoms with Gasteiger partial charge in [-0.1, -0.05) is 29.8 Å². The third kappa shape index (κ3) is 5.98. The summed E-state index contributed by atoms with van der Waals surface area (Å²) in [5.74, 6) is -1.26. The van der Waals surface area contributed by atoms with Crippen molar-refractivity contribution in [1.29, 1.82) is 0 Å². The molecule has 46 heavy (non-hydrogen) atoms. The lowest BCUT2D eigenvalue weighted by Gasteiger charge is -2.34. The van der Waals surface area contributed by atoms with Crippen LogP contribution in [0.25, 0.3) is 22.0 Å². The van der Waals surface area contributed by atoms with E-state index in [4.69, 9.17) is 27.1 Å². The molecule has 6 rings (SSSR count). The Bertz CT molecular complexity index is 2140. The van der Waals surface area contributed by atoms with Crippen LogP contribution in [0.5, 0.6) is 5.88 Å². The molecule has 0 bridgehead atoms. The number of ether oxygens (including phenoxy) is 1. The summed E-state index contributed by atoms with van der Waals surface area (Å²) in [4.78, 5) is 11.2. The van der Waals surface area contributed by atoms with Gasteiger partial charge in [-0.15, -0.1) is 0 Å². The molecule has 0 saturated heterocycles. The summed E-state index contributed by atoms with van der Waals surface area (Å²) < 4.78 is 76.7. The Morgan fingerprint density at radius 3 is 2.46 bits per heavy atom. The predicted octanol–water partition coefficient (Wildman–Crippen LogP) is 5.71. The average Bonchev–Trinajstić information content (AvgIpc) is 3.30. The van der Waals surface area contributed by atoms with Gasteiger partial charge in [-0.25, -0.2) is 26.6 Å². The molecule has 1 aliphatic rings. The maximum atomic E-state index is 14.9. The van der Waals surface area contributed by atoms with Crippen molar-refractivity contribution in [3.63, 3.8) is 0 Å². The lowest BCUT2D eigenvalue weighted by molar-refractivity contribution is 0.399. The summed E-state index contributed by atoms with van der Waals surface area (Å²) in [6, 6.07) is 13.5. The summed E-state index contributed by atoms with van der Waals surface area (Å²) in [6.45, 7) is 0.120. The van der Waals surface area contributed by atoms with Gasteiger partial charge in [0.1, 0.15) is 23.3 Å². The maximum absolute atomic E-state index is 14.9. The molecule has 0 amide bonds. The molecule has 3 N–H and O–H groups in total. The van der Waals surface area contributed by atoms with Crippen molar-refractivity contribution < 1.29 is 26.3 Å². The van der Waals surface area contributed by atoms with Gasteiger partial charge in [-0.2, -0.15) is 10.1 Å². The first-order valence-electron chi connectivity index (χ1n) is 13.9. The first-order chi connectivity index (χ1) is 21.8. The zero-order valence-electron chi connectivity index (χ0n) is 24.7. The van der Waals surface area contributed by atoms with Crippen LogP contribution in [0.1, 0.15) is 11.1 Å². The normalized spacial score (nSPS) is 13.8. The van der Waals surface area contributed by atoms with Gasteiger partial charge in [-0.05, 0) is 48.4 Å². The molecule has 1 aliphatic heterocycles. The number of benzene rings is 3. The molecule has 15 heteroatoms. The summed E-state index contributed by atoms with van der Waals surface area (Å²) >= 11 is 6.58. The van der Waals surface area contributed by atoms with Gasteiger partial charge in [-0.3, -0.25) is 9.40 Å². The quantitative estimate of drug-likeness (QED) is 0.217. The highest BCUT2D eigenvalue weighted by atomic mass is 35.5. The van der Waals surface area contributed by atoms with E-state index in [1.54, 1.807) is 48.3 Å². The van der Waals surface area contributed by atoms with Crippen LogP contribution in [0.2, 0.25) is 5.02 Å². The Labute approximate surface area is 267 Å². The molecule has 3 heterocycles. The van der Waals surface area contributed by atoms with Crippen LogP contribution >= 0.6 is 11.6 Å². The number of nitrogens with two attached hydrogens (primary N) is 1. The molecule has 0 aliphatic carbocycles. The third-order valence-corrected chi connectivity index (χ3v) is 8.30. The average molecular weight is 670 g/mol. The van der Waals surface area contributed by atoms with Gasteiger partial charge >= 0.3 is 0 Å². The largest absolute Gasteiger partial charge is 0.480 e. The number of sulfonamides is 1. The highest BCUT2D eigenvalue weighted by Gasteiger charge is 2.31. The number of aryl methyl sites for hydroxylation is 1. The second-order valence-corrected chi connectivity index (χ2v) is 12.9. The van der Waals surface area contributed by atoms with E-state index in [0.717, 1.165) is 12.3 Å². The molecule has 0 fully saturated rings. The second-order valence-electron chi connectivity index (χ2n) is 10.8. The number of aromatic nitrogens is 3. The summed E-state index contributed by atoms with van der Waals surface area (Å²) in [6.07, 6.45) is 1.01. The number of nitrogens with one attached hydrogen (secondary N) is 1. The van der Waals surface area contributed by atoms with E-state index in [-0.39, 0.29) is 46.9 Å². The Balaban J connectivity index is 1.55. The van der Waals surface area contributed by atoms with E-state index in [0.29, 0.717) is 33.3 Å². The molecule has 0 spiro atoms. The van der Waals surface area contributed by atoms with Gasteiger partial charge in [0.2, 0.25) is 15.9 Å². The summed E-state index contributed by atoms with van der Waals surface area (Å²) in [5.41, 5.74) is 9.24. The molecule has 1 atom stereocenters. The van der Waals surface area contributed by atoms with Crippen LogP contribution < -0.4 is 20.1 Å². The Morgan fingerprint density at radius 1 is 1.07 bits per heavy atom. The highest BCUT2D eigenvalue weighted by Crippen LogP contribution is 2.42.